The standard InChI is InChI=1S/C28H27F3/c1-3-5-6-8-24-17-18-25(28(31)27(24)30)22-13-9-20(10-14-22)11-15-23-16-12-21(7-4-2)19-26(23)29/h9-10,12-14,16-19H,3-8H2,1-2H3. The Hall–Kier alpha value is -2.99. The average molecular weight is 421 g/mol. The molecule has 0 aliphatic rings. The normalized spacial score (nSPS) is 10.6. The summed E-state index contributed by atoms with van der Waals surface area (Å²) in [6.45, 7) is 4.13. The summed E-state index contributed by atoms with van der Waals surface area (Å²) in [6.07, 6.45) is 5.22. The molecule has 0 aliphatic carbocycles. The van der Waals surface area contributed by atoms with Crippen LogP contribution in [0.1, 0.15) is 61.8 Å². The second kappa shape index (κ2) is 10.9. The maximum atomic E-state index is 14.6. The van der Waals surface area contributed by atoms with Crippen LogP contribution in [0.4, 0.5) is 13.2 Å². The Morgan fingerprint density at radius 1 is 0.710 bits per heavy atom. The molecule has 0 nitrogen and oxygen atoms in total. The van der Waals surface area contributed by atoms with Gasteiger partial charge in [0.05, 0.1) is 5.56 Å². The monoisotopic (exact) mass is 420 g/mol. The van der Waals surface area contributed by atoms with E-state index in [1.54, 1.807) is 42.5 Å². The minimum atomic E-state index is -0.818. The van der Waals surface area contributed by atoms with Gasteiger partial charge in [-0.3, -0.25) is 0 Å². The minimum Gasteiger partial charge on any atom is -0.206 e. The second-order valence-electron chi connectivity index (χ2n) is 7.75. The number of unbranched alkanes of at least 4 members (excludes halogenated alkanes) is 2. The van der Waals surface area contributed by atoms with Gasteiger partial charge in [0.2, 0.25) is 0 Å². The fourth-order valence-electron chi connectivity index (χ4n) is 3.55. The number of halogens is 3. The van der Waals surface area contributed by atoms with E-state index >= 15 is 0 Å². The van der Waals surface area contributed by atoms with Crippen LogP contribution in [-0.4, -0.2) is 0 Å². The highest BCUT2D eigenvalue weighted by Gasteiger charge is 2.14. The zero-order valence-corrected chi connectivity index (χ0v) is 18.1. The summed E-state index contributed by atoms with van der Waals surface area (Å²) in [6, 6.07) is 15.3. The molecule has 0 aliphatic heterocycles. The van der Waals surface area contributed by atoms with Crippen LogP contribution in [0.5, 0.6) is 0 Å². The number of hydrogen-bond donors (Lipinski definition) is 0. The Morgan fingerprint density at radius 3 is 2.16 bits per heavy atom. The van der Waals surface area contributed by atoms with Gasteiger partial charge in [-0.25, -0.2) is 13.2 Å². The van der Waals surface area contributed by atoms with E-state index in [4.69, 9.17) is 0 Å². The van der Waals surface area contributed by atoms with Gasteiger partial charge in [-0.1, -0.05) is 75.3 Å². The highest BCUT2D eigenvalue weighted by Crippen LogP contribution is 2.27. The molecule has 0 fully saturated rings. The molecule has 3 rings (SSSR count). The molecule has 0 unspecified atom stereocenters. The summed E-state index contributed by atoms with van der Waals surface area (Å²) in [7, 11) is 0. The molecule has 3 aromatic rings. The Morgan fingerprint density at radius 2 is 1.48 bits per heavy atom. The van der Waals surface area contributed by atoms with Crippen LogP contribution in [0.15, 0.2) is 54.6 Å². The Kier molecular flexibility index (Phi) is 7.95. The van der Waals surface area contributed by atoms with Crippen LogP contribution < -0.4 is 0 Å². The third-order valence-electron chi connectivity index (χ3n) is 5.32. The summed E-state index contributed by atoms with van der Waals surface area (Å²) in [4.78, 5) is 0. The van der Waals surface area contributed by atoms with Crippen LogP contribution in [0.3, 0.4) is 0 Å². The molecule has 0 heterocycles. The molecule has 0 saturated heterocycles. The quantitative estimate of drug-likeness (QED) is 0.270. The minimum absolute atomic E-state index is 0.230. The van der Waals surface area contributed by atoms with E-state index in [-0.39, 0.29) is 11.4 Å². The highest BCUT2D eigenvalue weighted by molar-refractivity contribution is 5.66. The Balaban J connectivity index is 1.77. The smallest absolute Gasteiger partial charge is 0.166 e. The maximum Gasteiger partial charge on any atom is 0.166 e. The lowest BCUT2D eigenvalue weighted by Gasteiger charge is -2.09. The van der Waals surface area contributed by atoms with E-state index in [1.165, 1.54) is 6.07 Å². The molecular formula is C28H27F3. The van der Waals surface area contributed by atoms with Crippen molar-refractivity contribution in [1.82, 2.24) is 0 Å². The summed E-state index contributed by atoms with van der Waals surface area (Å²) in [5.74, 6) is 3.88. The zero-order chi connectivity index (χ0) is 22.2. The molecule has 0 bridgehead atoms. The van der Waals surface area contributed by atoms with Gasteiger partial charge in [0.1, 0.15) is 5.82 Å². The van der Waals surface area contributed by atoms with Gasteiger partial charge in [0, 0.05) is 11.1 Å². The molecule has 0 atom stereocenters. The van der Waals surface area contributed by atoms with Crippen LogP contribution in [-0.2, 0) is 12.8 Å². The molecule has 0 spiro atoms. The van der Waals surface area contributed by atoms with Gasteiger partial charge >= 0.3 is 0 Å². The van der Waals surface area contributed by atoms with Crippen LogP contribution in [0, 0.1) is 29.3 Å². The van der Waals surface area contributed by atoms with Gasteiger partial charge in [0.15, 0.2) is 11.6 Å². The zero-order valence-electron chi connectivity index (χ0n) is 18.1. The van der Waals surface area contributed by atoms with Crippen molar-refractivity contribution in [2.45, 2.75) is 52.4 Å². The van der Waals surface area contributed by atoms with Crippen molar-refractivity contribution in [1.29, 1.82) is 0 Å². The highest BCUT2D eigenvalue weighted by atomic mass is 19.2. The second-order valence-corrected chi connectivity index (χ2v) is 7.75. The van der Waals surface area contributed by atoms with E-state index in [9.17, 15) is 13.2 Å². The van der Waals surface area contributed by atoms with Crippen molar-refractivity contribution in [2.75, 3.05) is 0 Å². The van der Waals surface area contributed by atoms with Crippen LogP contribution >= 0.6 is 0 Å². The van der Waals surface area contributed by atoms with Crippen molar-refractivity contribution < 1.29 is 13.2 Å². The molecule has 0 radical (unpaired) electrons. The lowest BCUT2D eigenvalue weighted by Crippen LogP contribution is -1.97. The summed E-state index contributed by atoms with van der Waals surface area (Å²) in [5, 5.41) is 0. The molecule has 0 saturated carbocycles. The molecule has 3 aromatic carbocycles. The van der Waals surface area contributed by atoms with E-state index in [1.807, 2.05) is 6.07 Å². The number of hydrogen-bond acceptors (Lipinski definition) is 0. The predicted octanol–water partition coefficient (Wildman–Crippen LogP) is 7.86. The maximum absolute atomic E-state index is 14.6. The summed E-state index contributed by atoms with van der Waals surface area (Å²) < 4.78 is 43.3. The van der Waals surface area contributed by atoms with Crippen LogP contribution in [0.2, 0.25) is 0 Å². The number of aryl methyl sites for hydroxylation is 2. The van der Waals surface area contributed by atoms with E-state index < -0.39 is 11.6 Å². The van der Waals surface area contributed by atoms with Gasteiger partial charge in [-0.05, 0) is 60.2 Å². The van der Waals surface area contributed by atoms with Crippen molar-refractivity contribution in [3.8, 4) is 23.0 Å². The van der Waals surface area contributed by atoms with E-state index in [0.717, 1.165) is 37.7 Å². The van der Waals surface area contributed by atoms with Crippen molar-refractivity contribution >= 4 is 0 Å². The molecular weight excluding hydrogens is 393 g/mol. The Labute approximate surface area is 183 Å². The lowest BCUT2D eigenvalue weighted by molar-refractivity contribution is 0.498. The number of rotatable bonds is 7. The summed E-state index contributed by atoms with van der Waals surface area (Å²) in [5.41, 5.74) is 3.21. The average Bonchev–Trinajstić information content (AvgIpc) is 2.77. The third kappa shape index (κ3) is 5.79. The van der Waals surface area contributed by atoms with Crippen molar-refractivity contribution in [3.05, 3.63) is 94.3 Å². The first-order valence-corrected chi connectivity index (χ1v) is 10.9. The van der Waals surface area contributed by atoms with Crippen LogP contribution in [0.25, 0.3) is 11.1 Å². The molecule has 0 N–H and O–H groups in total. The van der Waals surface area contributed by atoms with Gasteiger partial charge in [0.25, 0.3) is 0 Å². The lowest BCUT2D eigenvalue weighted by atomic mass is 9.99. The van der Waals surface area contributed by atoms with E-state index in [0.29, 0.717) is 28.7 Å². The first-order valence-electron chi connectivity index (χ1n) is 10.9. The van der Waals surface area contributed by atoms with Crippen molar-refractivity contribution in [3.63, 3.8) is 0 Å². The molecule has 3 heteroatoms. The predicted molar refractivity (Wildman–Crippen MR) is 121 cm³/mol. The third-order valence-corrected chi connectivity index (χ3v) is 5.32. The molecule has 160 valence electrons. The Bertz CT molecular complexity index is 1090. The fourth-order valence-corrected chi connectivity index (χ4v) is 3.55. The molecule has 31 heavy (non-hydrogen) atoms. The number of benzene rings is 3. The largest absolute Gasteiger partial charge is 0.206 e. The molecule has 0 amide bonds. The van der Waals surface area contributed by atoms with Gasteiger partial charge < -0.3 is 0 Å². The topological polar surface area (TPSA) is 0 Å². The summed E-state index contributed by atoms with van der Waals surface area (Å²) >= 11 is 0. The van der Waals surface area contributed by atoms with Crippen molar-refractivity contribution in [2.24, 2.45) is 0 Å². The SMILES string of the molecule is CCCCCc1ccc(-c2ccc(C#Cc3ccc(CCC)cc3F)cc2)c(F)c1F. The molecule has 0 aromatic heterocycles. The van der Waals surface area contributed by atoms with Gasteiger partial charge in [-0.2, -0.15) is 0 Å². The van der Waals surface area contributed by atoms with E-state index in [2.05, 4.69) is 25.7 Å². The first-order chi connectivity index (χ1) is 15.0. The first kappa shape index (κ1) is 22.7. The van der Waals surface area contributed by atoms with Gasteiger partial charge in [-0.15, -0.1) is 0 Å². The fraction of sp³-hybridized carbons (Fsp3) is 0.286.